The second-order valence-corrected chi connectivity index (χ2v) is 6.66. The highest BCUT2D eigenvalue weighted by Crippen LogP contribution is 2.42. The SMILES string of the molecule is CC(=O)N1CCCC12CCN(c1c(Cl)cnc3[nH]ncc13)C2. The van der Waals surface area contributed by atoms with Crippen LogP contribution in [0.25, 0.3) is 11.0 Å². The lowest BCUT2D eigenvalue weighted by atomic mass is 9.95. The predicted molar refractivity (Wildman–Crippen MR) is 85.1 cm³/mol. The lowest BCUT2D eigenvalue weighted by Gasteiger charge is -2.34. The Bertz CT molecular complexity index is 745. The van der Waals surface area contributed by atoms with Crippen LogP contribution in [0.4, 0.5) is 5.69 Å². The van der Waals surface area contributed by atoms with E-state index in [1.807, 2.05) is 0 Å². The van der Waals surface area contributed by atoms with Gasteiger partial charge in [0.05, 0.1) is 34.0 Å². The first-order valence-corrected chi connectivity index (χ1v) is 7.99. The number of H-pyrrole nitrogens is 1. The Balaban J connectivity index is 1.72. The fourth-order valence-corrected chi connectivity index (χ4v) is 4.36. The Hall–Kier alpha value is -1.82. The van der Waals surface area contributed by atoms with E-state index in [1.165, 1.54) is 0 Å². The smallest absolute Gasteiger partial charge is 0.219 e. The number of fused-ring (bicyclic) bond motifs is 1. The van der Waals surface area contributed by atoms with Crippen molar-refractivity contribution in [2.45, 2.75) is 31.7 Å². The predicted octanol–water partition coefficient (Wildman–Crippen LogP) is 2.20. The summed E-state index contributed by atoms with van der Waals surface area (Å²) in [5.74, 6) is 0.175. The third kappa shape index (κ3) is 1.90. The number of anilines is 1. The molecular formula is C15H18ClN5O. The van der Waals surface area contributed by atoms with Gasteiger partial charge in [-0.1, -0.05) is 11.6 Å². The van der Waals surface area contributed by atoms with Crippen LogP contribution in [0.3, 0.4) is 0 Å². The summed E-state index contributed by atoms with van der Waals surface area (Å²) < 4.78 is 0. The van der Waals surface area contributed by atoms with Crippen LogP contribution in [0.5, 0.6) is 0 Å². The van der Waals surface area contributed by atoms with Gasteiger partial charge in [0.25, 0.3) is 0 Å². The number of aromatic nitrogens is 3. The average Bonchev–Trinajstić information content (AvgIpc) is 3.20. The van der Waals surface area contributed by atoms with Gasteiger partial charge in [0.1, 0.15) is 0 Å². The second kappa shape index (κ2) is 4.84. The van der Waals surface area contributed by atoms with E-state index < -0.39 is 0 Å². The van der Waals surface area contributed by atoms with Crippen LogP contribution in [0.15, 0.2) is 12.4 Å². The highest BCUT2D eigenvalue weighted by atomic mass is 35.5. The third-order valence-electron chi connectivity index (χ3n) is 5.03. The largest absolute Gasteiger partial charge is 0.367 e. The molecule has 4 heterocycles. The quantitative estimate of drug-likeness (QED) is 0.875. The third-order valence-corrected chi connectivity index (χ3v) is 5.31. The number of aromatic amines is 1. The van der Waals surface area contributed by atoms with Gasteiger partial charge in [-0.25, -0.2) is 4.98 Å². The summed E-state index contributed by atoms with van der Waals surface area (Å²) in [4.78, 5) is 20.5. The Kier molecular flexibility index (Phi) is 3.04. The van der Waals surface area contributed by atoms with Crippen molar-refractivity contribution in [3.63, 3.8) is 0 Å². The molecule has 6 nitrogen and oxygen atoms in total. The molecule has 2 aliphatic heterocycles. The normalized spacial score (nSPS) is 24.8. The van der Waals surface area contributed by atoms with Crippen molar-refractivity contribution in [2.75, 3.05) is 24.5 Å². The molecule has 1 spiro atoms. The molecule has 1 amide bonds. The summed E-state index contributed by atoms with van der Waals surface area (Å²) in [7, 11) is 0. The van der Waals surface area contributed by atoms with Gasteiger partial charge in [-0.05, 0) is 19.3 Å². The summed E-state index contributed by atoms with van der Waals surface area (Å²) >= 11 is 6.41. The minimum Gasteiger partial charge on any atom is -0.367 e. The van der Waals surface area contributed by atoms with Crippen molar-refractivity contribution >= 4 is 34.2 Å². The van der Waals surface area contributed by atoms with Crippen molar-refractivity contribution in [2.24, 2.45) is 0 Å². The van der Waals surface area contributed by atoms with Gasteiger partial charge in [0.15, 0.2) is 5.65 Å². The molecule has 2 aromatic heterocycles. The number of rotatable bonds is 1. The molecule has 0 aliphatic carbocycles. The molecule has 2 aliphatic rings. The highest BCUT2D eigenvalue weighted by molar-refractivity contribution is 6.34. The molecule has 1 unspecified atom stereocenters. The molecule has 2 saturated heterocycles. The van der Waals surface area contributed by atoms with Crippen LogP contribution < -0.4 is 4.90 Å². The number of carbonyl (C=O) groups is 1. The van der Waals surface area contributed by atoms with Crippen LogP contribution in [-0.2, 0) is 4.79 Å². The highest BCUT2D eigenvalue weighted by Gasteiger charge is 2.47. The van der Waals surface area contributed by atoms with Gasteiger partial charge in [0.2, 0.25) is 5.91 Å². The van der Waals surface area contributed by atoms with E-state index in [1.54, 1.807) is 19.3 Å². The van der Waals surface area contributed by atoms with Crippen molar-refractivity contribution in [3.05, 3.63) is 17.4 Å². The maximum atomic E-state index is 11.9. The molecule has 0 bridgehead atoms. The Labute approximate surface area is 133 Å². The second-order valence-electron chi connectivity index (χ2n) is 6.26. The summed E-state index contributed by atoms with van der Waals surface area (Å²) in [5.41, 5.74) is 1.69. The Morgan fingerprint density at radius 3 is 3.05 bits per heavy atom. The van der Waals surface area contributed by atoms with Crippen LogP contribution in [-0.4, -0.2) is 51.2 Å². The summed E-state index contributed by atoms with van der Waals surface area (Å²) in [6.07, 6.45) is 6.58. The molecule has 2 fully saturated rings. The molecule has 4 rings (SSSR count). The number of halogens is 1. The Morgan fingerprint density at radius 1 is 1.36 bits per heavy atom. The first-order chi connectivity index (χ1) is 10.6. The maximum Gasteiger partial charge on any atom is 0.219 e. The summed E-state index contributed by atoms with van der Waals surface area (Å²) in [5, 5.41) is 8.54. The van der Waals surface area contributed by atoms with Crippen molar-refractivity contribution in [1.29, 1.82) is 0 Å². The number of hydrogen-bond acceptors (Lipinski definition) is 4. The summed E-state index contributed by atoms with van der Waals surface area (Å²) in [6, 6.07) is 0. The minimum absolute atomic E-state index is 0.0332. The number of nitrogens with zero attached hydrogens (tertiary/aromatic N) is 4. The number of carbonyl (C=O) groups excluding carboxylic acids is 1. The van der Waals surface area contributed by atoms with E-state index in [2.05, 4.69) is 25.0 Å². The number of amides is 1. The average molecular weight is 320 g/mol. The zero-order valence-electron chi connectivity index (χ0n) is 12.5. The zero-order chi connectivity index (χ0) is 15.3. The van der Waals surface area contributed by atoms with Gasteiger partial charge in [0, 0.05) is 26.6 Å². The molecule has 22 heavy (non-hydrogen) atoms. The van der Waals surface area contributed by atoms with E-state index in [0.29, 0.717) is 5.02 Å². The van der Waals surface area contributed by atoms with E-state index >= 15 is 0 Å². The lowest BCUT2D eigenvalue weighted by molar-refractivity contribution is -0.132. The number of pyridine rings is 1. The van der Waals surface area contributed by atoms with E-state index in [4.69, 9.17) is 11.6 Å². The van der Waals surface area contributed by atoms with Crippen LogP contribution >= 0.6 is 11.6 Å². The van der Waals surface area contributed by atoms with E-state index in [0.717, 1.165) is 55.6 Å². The standard InChI is InChI=1S/C15H18ClN5O/c1-10(22)21-5-2-3-15(21)4-6-20(9-15)13-11-7-18-19-14(11)17-8-12(13)16/h7-8H,2-6,9H2,1H3,(H,17,18,19). The van der Waals surface area contributed by atoms with Gasteiger partial charge < -0.3 is 9.80 Å². The first kappa shape index (κ1) is 13.8. The summed E-state index contributed by atoms with van der Waals surface area (Å²) in [6.45, 7) is 4.27. The number of likely N-dealkylation sites (tertiary alicyclic amines) is 1. The van der Waals surface area contributed by atoms with Crippen LogP contribution in [0.1, 0.15) is 26.2 Å². The topological polar surface area (TPSA) is 65.1 Å². The molecule has 0 saturated carbocycles. The molecule has 7 heteroatoms. The van der Waals surface area contributed by atoms with Gasteiger partial charge in [-0.2, -0.15) is 5.10 Å². The zero-order valence-corrected chi connectivity index (χ0v) is 13.2. The monoisotopic (exact) mass is 319 g/mol. The molecule has 116 valence electrons. The Morgan fingerprint density at radius 2 is 2.23 bits per heavy atom. The van der Waals surface area contributed by atoms with E-state index in [9.17, 15) is 4.79 Å². The van der Waals surface area contributed by atoms with Gasteiger partial charge in [-0.3, -0.25) is 9.89 Å². The van der Waals surface area contributed by atoms with Gasteiger partial charge >= 0.3 is 0 Å². The fraction of sp³-hybridized carbons (Fsp3) is 0.533. The van der Waals surface area contributed by atoms with Crippen molar-refractivity contribution < 1.29 is 4.79 Å². The van der Waals surface area contributed by atoms with Crippen molar-refractivity contribution in [1.82, 2.24) is 20.1 Å². The molecule has 1 atom stereocenters. The van der Waals surface area contributed by atoms with Crippen molar-refractivity contribution in [3.8, 4) is 0 Å². The minimum atomic E-state index is -0.0332. The molecule has 0 radical (unpaired) electrons. The maximum absolute atomic E-state index is 11.9. The molecule has 2 aromatic rings. The number of nitrogens with one attached hydrogen (secondary N) is 1. The lowest BCUT2D eigenvalue weighted by Crippen LogP contribution is -2.48. The first-order valence-electron chi connectivity index (χ1n) is 7.61. The van der Waals surface area contributed by atoms with E-state index in [-0.39, 0.29) is 11.4 Å². The fourth-order valence-electron chi connectivity index (χ4n) is 4.08. The molecular weight excluding hydrogens is 302 g/mol. The number of hydrogen-bond donors (Lipinski definition) is 1. The van der Waals surface area contributed by atoms with Crippen LogP contribution in [0.2, 0.25) is 5.02 Å². The van der Waals surface area contributed by atoms with Gasteiger partial charge in [-0.15, -0.1) is 0 Å². The molecule has 0 aromatic carbocycles. The molecule has 1 N–H and O–H groups in total. The van der Waals surface area contributed by atoms with Crippen LogP contribution in [0, 0.1) is 0 Å².